The molecule has 0 aliphatic heterocycles. The highest BCUT2D eigenvalue weighted by Gasteiger charge is 2.20. The quantitative estimate of drug-likeness (QED) is 0.482. The van der Waals surface area contributed by atoms with Gasteiger partial charge in [0.15, 0.2) is 0 Å². The van der Waals surface area contributed by atoms with Crippen LogP contribution in [0.5, 0.6) is 0 Å². The van der Waals surface area contributed by atoms with Crippen LogP contribution in [0.3, 0.4) is 0 Å². The molecular formula is C6H8ClN3O4S2. The fraction of sp³-hybridized carbons (Fsp3) is 0. The van der Waals surface area contributed by atoms with Gasteiger partial charge in [0, 0.05) is 0 Å². The minimum absolute atomic E-state index is 0.250. The van der Waals surface area contributed by atoms with Gasteiger partial charge in [-0.05, 0) is 12.1 Å². The number of nitrogen functional groups attached to an aromatic ring is 1. The summed E-state index contributed by atoms with van der Waals surface area (Å²) in [7, 11) is -8.28. The third kappa shape index (κ3) is 2.62. The molecule has 6 N–H and O–H groups in total. The first kappa shape index (κ1) is 13.2. The van der Waals surface area contributed by atoms with Crippen LogP contribution in [-0.2, 0) is 20.0 Å². The summed E-state index contributed by atoms with van der Waals surface area (Å²) in [6.45, 7) is 0. The van der Waals surface area contributed by atoms with Gasteiger partial charge in [-0.25, -0.2) is 27.1 Å². The van der Waals surface area contributed by atoms with E-state index in [1.807, 2.05) is 0 Å². The summed E-state index contributed by atoms with van der Waals surface area (Å²) < 4.78 is 44.2. The summed E-state index contributed by atoms with van der Waals surface area (Å²) >= 11 is 5.56. The lowest BCUT2D eigenvalue weighted by molar-refractivity contribution is 0.596. The molecule has 1 rings (SSSR count). The Bertz CT molecular complexity index is 585. The highest BCUT2D eigenvalue weighted by Crippen LogP contribution is 2.28. The Morgan fingerprint density at radius 1 is 0.938 bits per heavy atom. The Kier molecular flexibility index (Phi) is 3.18. The molecule has 16 heavy (non-hydrogen) atoms. The van der Waals surface area contributed by atoms with E-state index in [1.54, 1.807) is 0 Å². The van der Waals surface area contributed by atoms with Gasteiger partial charge < -0.3 is 5.73 Å². The molecule has 0 atom stereocenters. The van der Waals surface area contributed by atoms with E-state index in [-0.39, 0.29) is 10.7 Å². The Labute approximate surface area is 97.3 Å². The van der Waals surface area contributed by atoms with Crippen LogP contribution >= 0.6 is 11.6 Å². The van der Waals surface area contributed by atoms with Crippen molar-refractivity contribution < 1.29 is 16.8 Å². The summed E-state index contributed by atoms with van der Waals surface area (Å²) in [6.07, 6.45) is 0. The summed E-state index contributed by atoms with van der Waals surface area (Å²) in [5, 5.41) is 9.39. The van der Waals surface area contributed by atoms with E-state index in [0.717, 1.165) is 12.1 Å². The molecule has 90 valence electrons. The second-order valence-electron chi connectivity index (χ2n) is 2.91. The molecule has 7 nitrogen and oxygen atoms in total. The molecule has 0 unspecified atom stereocenters. The zero-order valence-corrected chi connectivity index (χ0v) is 10.1. The summed E-state index contributed by atoms with van der Waals surface area (Å²) in [5.74, 6) is 0. The SMILES string of the molecule is Nc1cc(Cl)c(S([15NH2])(=O)=O)cc1S([15NH2])(=O)=O. The smallest absolute Gasteiger partial charge is 0.240 e. The highest BCUT2D eigenvalue weighted by atomic mass is 35.5. The normalized spacial score (nSPS) is 12.7. The lowest BCUT2D eigenvalue weighted by Crippen LogP contribution is -2.18. The van der Waals surface area contributed by atoms with E-state index in [9.17, 15) is 16.8 Å². The van der Waals surface area contributed by atoms with Crippen molar-refractivity contribution in [2.45, 2.75) is 9.79 Å². The Balaban J connectivity index is 3.72. The highest BCUT2D eigenvalue weighted by molar-refractivity contribution is 7.90. The van der Waals surface area contributed by atoms with E-state index < -0.39 is 29.8 Å². The van der Waals surface area contributed by atoms with Crippen LogP contribution in [0.1, 0.15) is 0 Å². The number of benzene rings is 1. The first-order valence-corrected chi connectivity index (χ1v) is 7.15. The zero-order chi connectivity index (χ0) is 12.7. The predicted octanol–water partition coefficient (Wildman–Crippen LogP) is -0.783. The number of anilines is 1. The average molecular weight is 288 g/mol. The number of halogens is 1. The fourth-order valence-corrected chi connectivity index (χ4v) is 2.87. The largest absolute Gasteiger partial charge is 0.398 e. The number of hydrogen-bond donors (Lipinski definition) is 3. The molecule has 0 spiro atoms. The second-order valence-corrected chi connectivity index (χ2v) is 6.38. The summed E-state index contributed by atoms with van der Waals surface area (Å²) in [6, 6.07) is 1.68. The molecule has 0 saturated heterocycles. The standard InChI is InChI=1S/C6H8ClN3O4S2/c7-3-1-4(8)6(16(10,13)14)2-5(3)15(9,11)12/h1-2H,8H2,(H2,9,11,12)(H2,10,13,14)/i9+1,10+1. The van der Waals surface area contributed by atoms with Gasteiger partial charge in [-0.2, -0.15) is 0 Å². The van der Waals surface area contributed by atoms with E-state index >= 15 is 0 Å². The number of rotatable bonds is 2. The molecule has 0 aliphatic carbocycles. The molecule has 1 aromatic rings. The summed E-state index contributed by atoms with van der Waals surface area (Å²) in [4.78, 5) is -1.09. The van der Waals surface area contributed by atoms with Crippen molar-refractivity contribution in [1.82, 2.24) is 0 Å². The van der Waals surface area contributed by atoms with Crippen LogP contribution in [0.25, 0.3) is 0 Å². The van der Waals surface area contributed by atoms with Gasteiger partial charge in [-0.15, -0.1) is 0 Å². The van der Waals surface area contributed by atoms with E-state index in [4.69, 9.17) is 27.6 Å². The second kappa shape index (κ2) is 3.86. The van der Waals surface area contributed by atoms with E-state index in [0.29, 0.717) is 0 Å². The number of hydrogen-bond acceptors (Lipinski definition) is 5. The molecule has 0 fully saturated rings. The first-order chi connectivity index (χ1) is 7.03. The molecular weight excluding hydrogens is 280 g/mol. The molecule has 0 bridgehead atoms. The van der Waals surface area contributed by atoms with Crippen LogP contribution < -0.4 is 16.0 Å². The number of sulfonamides is 2. The minimum atomic E-state index is -4.14. The van der Waals surface area contributed by atoms with E-state index in [2.05, 4.69) is 0 Å². The van der Waals surface area contributed by atoms with Crippen molar-refractivity contribution in [3.8, 4) is 0 Å². The van der Waals surface area contributed by atoms with E-state index in [1.165, 1.54) is 0 Å². The van der Waals surface area contributed by atoms with Gasteiger partial charge in [0.1, 0.15) is 9.79 Å². The molecule has 0 amide bonds. The molecule has 0 saturated carbocycles. The van der Waals surface area contributed by atoms with Crippen molar-refractivity contribution in [3.63, 3.8) is 0 Å². The number of primary sulfonamides is 2. The van der Waals surface area contributed by atoms with Gasteiger partial charge in [0.05, 0.1) is 10.7 Å². The average Bonchev–Trinajstić information content (AvgIpc) is 1.97. The van der Waals surface area contributed by atoms with Gasteiger partial charge >= 0.3 is 0 Å². The molecule has 0 heterocycles. The monoisotopic (exact) mass is 287 g/mol. The van der Waals surface area contributed by atoms with Crippen LogP contribution in [-0.4, -0.2) is 16.8 Å². The molecule has 0 radical (unpaired) electrons. The van der Waals surface area contributed by atoms with Gasteiger partial charge in [0.25, 0.3) is 0 Å². The van der Waals surface area contributed by atoms with Gasteiger partial charge in [-0.3, -0.25) is 0 Å². The van der Waals surface area contributed by atoms with Crippen LogP contribution in [0, 0.1) is 0 Å². The van der Waals surface area contributed by atoms with Crippen LogP contribution in [0.2, 0.25) is 5.02 Å². The maximum atomic E-state index is 11.1. The fourth-order valence-electron chi connectivity index (χ4n) is 1.01. The van der Waals surface area contributed by atoms with Crippen LogP contribution in [0.15, 0.2) is 21.9 Å². The van der Waals surface area contributed by atoms with Crippen molar-refractivity contribution in [3.05, 3.63) is 17.2 Å². The van der Waals surface area contributed by atoms with Crippen LogP contribution in [0.4, 0.5) is 5.69 Å². The van der Waals surface area contributed by atoms with Crippen molar-refractivity contribution in [1.29, 1.82) is 0 Å². The summed E-state index contributed by atoms with van der Waals surface area (Å²) in [5.41, 5.74) is 5.09. The maximum absolute atomic E-state index is 11.1. The topological polar surface area (TPSA) is 146 Å². The maximum Gasteiger partial charge on any atom is 0.240 e. The lowest BCUT2D eigenvalue weighted by Gasteiger charge is -2.07. The van der Waals surface area contributed by atoms with Crippen molar-refractivity contribution in [2.24, 2.45) is 10.3 Å². The molecule has 0 aromatic heterocycles. The Morgan fingerprint density at radius 2 is 1.38 bits per heavy atom. The van der Waals surface area contributed by atoms with Gasteiger partial charge in [0.2, 0.25) is 20.0 Å². The minimum Gasteiger partial charge on any atom is -0.398 e. The Morgan fingerprint density at radius 3 is 1.75 bits per heavy atom. The number of nitrogens with two attached hydrogens (primary N) is 3. The third-order valence-corrected chi connectivity index (χ3v) is 4.02. The Hall–Kier alpha value is -0.870. The predicted molar refractivity (Wildman–Crippen MR) is 58.6 cm³/mol. The first-order valence-electron chi connectivity index (χ1n) is 3.68. The molecule has 0 aliphatic rings. The lowest BCUT2D eigenvalue weighted by atomic mass is 10.3. The molecule has 1 aromatic carbocycles. The third-order valence-electron chi connectivity index (χ3n) is 1.68. The van der Waals surface area contributed by atoms with Gasteiger partial charge in [-0.1, -0.05) is 11.6 Å². The van der Waals surface area contributed by atoms with Crippen molar-refractivity contribution >= 4 is 37.3 Å². The van der Waals surface area contributed by atoms with Crippen molar-refractivity contribution in [2.75, 3.05) is 5.73 Å². The molecule has 10 heteroatoms. The zero-order valence-electron chi connectivity index (χ0n) is 7.71.